The van der Waals surface area contributed by atoms with Gasteiger partial charge in [0, 0.05) is 5.69 Å². The molecule has 0 fully saturated rings. The zero-order valence-corrected chi connectivity index (χ0v) is 8.57. The van der Waals surface area contributed by atoms with Crippen LogP contribution in [0, 0.1) is 20.8 Å². The summed E-state index contributed by atoms with van der Waals surface area (Å²) >= 11 is 0. The van der Waals surface area contributed by atoms with Crippen LogP contribution in [0.2, 0.25) is 0 Å². The van der Waals surface area contributed by atoms with Crippen molar-refractivity contribution in [3.63, 3.8) is 0 Å². The van der Waals surface area contributed by atoms with Gasteiger partial charge in [0.25, 0.3) is 0 Å². The minimum absolute atomic E-state index is 0.629. The number of nitrogens with zero attached hydrogens (tertiary/aromatic N) is 4. The molecule has 0 aliphatic rings. The number of hydrogen-bond donors (Lipinski definition) is 1. The summed E-state index contributed by atoms with van der Waals surface area (Å²) in [5.74, 6) is 1.61. The van der Waals surface area contributed by atoms with E-state index in [0.717, 1.165) is 23.0 Å². The highest BCUT2D eigenvalue weighted by Gasteiger charge is 2.04. The lowest BCUT2D eigenvalue weighted by molar-refractivity contribution is 0.633. The van der Waals surface area contributed by atoms with Crippen molar-refractivity contribution in [2.45, 2.75) is 27.3 Å². The highest BCUT2D eigenvalue weighted by Crippen LogP contribution is 2.03. The van der Waals surface area contributed by atoms with E-state index in [9.17, 15) is 0 Å². The number of rotatable bonds is 2. The van der Waals surface area contributed by atoms with E-state index in [4.69, 9.17) is 0 Å². The predicted octanol–water partition coefficient (Wildman–Crippen LogP) is 0.975. The fourth-order valence-electron chi connectivity index (χ4n) is 1.43. The zero-order valence-electron chi connectivity index (χ0n) is 8.57. The molecule has 1 N–H and O–H groups in total. The first-order valence-corrected chi connectivity index (χ1v) is 4.54. The van der Waals surface area contributed by atoms with Gasteiger partial charge in [-0.3, -0.25) is 9.78 Å². The third kappa shape index (κ3) is 1.66. The maximum Gasteiger partial charge on any atom is 0.172 e. The first-order valence-electron chi connectivity index (χ1n) is 4.54. The molecular weight excluding hydrogens is 178 g/mol. The Kier molecular flexibility index (Phi) is 2.07. The first kappa shape index (κ1) is 8.93. The second-order valence-electron chi connectivity index (χ2n) is 3.42. The van der Waals surface area contributed by atoms with Gasteiger partial charge < -0.3 is 0 Å². The molecular formula is C9H13N5. The van der Waals surface area contributed by atoms with Gasteiger partial charge in [-0.1, -0.05) is 0 Å². The molecule has 0 aliphatic carbocycles. The Balaban J connectivity index is 2.22. The maximum atomic E-state index is 4.34. The number of H-pyrrole nitrogens is 1. The molecule has 0 saturated heterocycles. The van der Waals surface area contributed by atoms with Gasteiger partial charge in [-0.05, 0) is 26.8 Å². The van der Waals surface area contributed by atoms with Crippen molar-refractivity contribution in [2.75, 3.05) is 0 Å². The zero-order chi connectivity index (χ0) is 10.1. The van der Waals surface area contributed by atoms with E-state index >= 15 is 0 Å². The van der Waals surface area contributed by atoms with Gasteiger partial charge in [-0.15, -0.1) is 0 Å². The number of aryl methyl sites for hydroxylation is 3. The Bertz CT molecular complexity index is 440. The standard InChI is InChI=1S/C9H13N5/c1-6-4-7(2)14(13-6)5-9-10-8(3)11-12-9/h4H,5H2,1-3H3,(H,10,11,12). The fraction of sp³-hybridized carbons (Fsp3) is 0.444. The summed E-state index contributed by atoms with van der Waals surface area (Å²) in [7, 11) is 0. The van der Waals surface area contributed by atoms with Gasteiger partial charge in [0.2, 0.25) is 0 Å². The van der Waals surface area contributed by atoms with Crippen LogP contribution in [-0.4, -0.2) is 25.0 Å². The quantitative estimate of drug-likeness (QED) is 0.769. The molecule has 74 valence electrons. The molecule has 2 aromatic rings. The van der Waals surface area contributed by atoms with Crippen LogP contribution in [0.25, 0.3) is 0 Å². The molecule has 14 heavy (non-hydrogen) atoms. The highest BCUT2D eigenvalue weighted by molar-refractivity contribution is 5.07. The number of nitrogens with one attached hydrogen (secondary N) is 1. The van der Waals surface area contributed by atoms with Crippen LogP contribution in [0.1, 0.15) is 23.0 Å². The predicted molar refractivity (Wildman–Crippen MR) is 51.9 cm³/mol. The summed E-state index contributed by atoms with van der Waals surface area (Å²) in [6, 6.07) is 2.04. The van der Waals surface area contributed by atoms with Crippen LogP contribution >= 0.6 is 0 Å². The Hall–Kier alpha value is -1.65. The molecule has 0 saturated carbocycles. The second-order valence-corrected chi connectivity index (χ2v) is 3.42. The molecule has 2 rings (SSSR count). The molecule has 2 heterocycles. The average molecular weight is 191 g/mol. The minimum Gasteiger partial charge on any atom is -0.263 e. The van der Waals surface area contributed by atoms with Crippen molar-refractivity contribution in [3.8, 4) is 0 Å². The summed E-state index contributed by atoms with van der Waals surface area (Å²) < 4.78 is 1.90. The van der Waals surface area contributed by atoms with Crippen molar-refractivity contribution in [1.29, 1.82) is 0 Å². The normalized spacial score (nSPS) is 10.8. The lowest BCUT2D eigenvalue weighted by atomic mass is 10.4. The highest BCUT2D eigenvalue weighted by atomic mass is 15.3. The van der Waals surface area contributed by atoms with Crippen LogP contribution in [0.3, 0.4) is 0 Å². The van der Waals surface area contributed by atoms with E-state index in [0.29, 0.717) is 6.54 Å². The van der Waals surface area contributed by atoms with E-state index < -0.39 is 0 Å². The van der Waals surface area contributed by atoms with Crippen molar-refractivity contribution in [1.82, 2.24) is 25.0 Å². The lowest BCUT2D eigenvalue weighted by Gasteiger charge is -1.98. The summed E-state index contributed by atoms with van der Waals surface area (Å²) in [4.78, 5) is 4.23. The van der Waals surface area contributed by atoms with Crippen LogP contribution in [0.4, 0.5) is 0 Å². The molecule has 5 heteroatoms. The van der Waals surface area contributed by atoms with E-state index in [1.807, 2.05) is 31.5 Å². The second kappa shape index (κ2) is 3.25. The number of aromatic amines is 1. The maximum absolute atomic E-state index is 4.34. The average Bonchev–Trinajstić information content (AvgIpc) is 2.61. The van der Waals surface area contributed by atoms with Gasteiger partial charge >= 0.3 is 0 Å². The lowest BCUT2D eigenvalue weighted by Crippen LogP contribution is -2.05. The van der Waals surface area contributed by atoms with Crippen LogP contribution < -0.4 is 0 Å². The fourth-order valence-corrected chi connectivity index (χ4v) is 1.43. The molecule has 0 spiro atoms. The van der Waals surface area contributed by atoms with Gasteiger partial charge in [-0.2, -0.15) is 10.2 Å². The third-order valence-corrected chi connectivity index (χ3v) is 2.04. The molecule has 2 aromatic heterocycles. The van der Waals surface area contributed by atoms with Crippen LogP contribution in [0.15, 0.2) is 6.07 Å². The molecule has 0 aromatic carbocycles. The molecule has 5 nitrogen and oxygen atoms in total. The monoisotopic (exact) mass is 191 g/mol. The van der Waals surface area contributed by atoms with E-state index in [2.05, 4.69) is 20.3 Å². The van der Waals surface area contributed by atoms with E-state index in [-0.39, 0.29) is 0 Å². The van der Waals surface area contributed by atoms with E-state index in [1.54, 1.807) is 0 Å². The van der Waals surface area contributed by atoms with Crippen molar-refractivity contribution < 1.29 is 0 Å². The third-order valence-electron chi connectivity index (χ3n) is 2.04. The minimum atomic E-state index is 0.629. The molecule has 0 aliphatic heterocycles. The van der Waals surface area contributed by atoms with Crippen LogP contribution in [-0.2, 0) is 6.54 Å². The Morgan fingerprint density at radius 3 is 2.64 bits per heavy atom. The molecule has 0 unspecified atom stereocenters. The van der Waals surface area contributed by atoms with Gasteiger partial charge in [0.1, 0.15) is 12.4 Å². The van der Waals surface area contributed by atoms with Crippen molar-refractivity contribution in [2.24, 2.45) is 0 Å². The SMILES string of the molecule is Cc1cc(C)n(Cc2n[nH]c(C)n2)n1. The van der Waals surface area contributed by atoms with Crippen molar-refractivity contribution in [3.05, 3.63) is 29.1 Å². The Morgan fingerprint density at radius 2 is 2.14 bits per heavy atom. The topological polar surface area (TPSA) is 59.4 Å². The smallest absolute Gasteiger partial charge is 0.172 e. The summed E-state index contributed by atoms with van der Waals surface area (Å²) in [6.07, 6.45) is 0. The molecule has 0 radical (unpaired) electrons. The van der Waals surface area contributed by atoms with Gasteiger partial charge in [0.05, 0.1) is 5.69 Å². The van der Waals surface area contributed by atoms with Gasteiger partial charge in [-0.25, -0.2) is 4.98 Å². The summed E-state index contributed by atoms with van der Waals surface area (Å²) in [6.45, 7) is 6.52. The van der Waals surface area contributed by atoms with Gasteiger partial charge in [0.15, 0.2) is 5.82 Å². The van der Waals surface area contributed by atoms with Crippen molar-refractivity contribution >= 4 is 0 Å². The Morgan fingerprint density at radius 1 is 1.36 bits per heavy atom. The summed E-state index contributed by atoms with van der Waals surface area (Å²) in [5, 5.41) is 11.2. The molecule has 0 bridgehead atoms. The number of hydrogen-bond acceptors (Lipinski definition) is 3. The van der Waals surface area contributed by atoms with Crippen LogP contribution in [0.5, 0.6) is 0 Å². The molecule has 0 atom stereocenters. The number of aromatic nitrogens is 5. The Labute approximate surface area is 82.2 Å². The van der Waals surface area contributed by atoms with E-state index in [1.165, 1.54) is 0 Å². The molecule has 0 amide bonds. The largest absolute Gasteiger partial charge is 0.263 e. The summed E-state index contributed by atoms with van der Waals surface area (Å²) in [5.41, 5.74) is 2.15. The first-order chi connectivity index (χ1) is 6.65.